The van der Waals surface area contributed by atoms with Crippen LogP contribution in [-0.2, 0) is 0 Å². The molecule has 0 N–H and O–H groups in total. The van der Waals surface area contributed by atoms with Crippen molar-refractivity contribution in [3.8, 4) is 22.3 Å². The zero-order valence-electron chi connectivity index (χ0n) is 46.8. The minimum atomic E-state index is -1.08. The second-order valence-electron chi connectivity index (χ2n) is 21.8. The molecular weight excluding hydrogens is 850 g/mol. The smallest absolute Gasteiger partial charge is 0.0821 e. The number of benzene rings is 7. The molecule has 0 aliphatic carbocycles. The third-order valence-corrected chi connectivity index (χ3v) is 18.3. The van der Waals surface area contributed by atoms with Crippen molar-refractivity contribution >= 4 is 223 Å². The number of hydrogen-bond donors (Lipinski definition) is 0. The Labute approximate surface area is 461 Å². The van der Waals surface area contributed by atoms with Crippen LogP contribution in [0.1, 0.15) is 94.6 Å². The van der Waals surface area contributed by atoms with E-state index in [1.54, 1.807) is 0 Å². The highest BCUT2D eigenvalue weighted by atomic mass is 14.3. The van der Waals surface area contributed by atoms with Crippen LogP contribution in [0.3, 0.4) is 0 Å². The maximum absolute atomic E-state index is 7.49. The molecule has 322 valence electrons. The minimum Gasteiger partial charge on any atom is -0.112 e. The standard InChI is InChI=1S/C51H52B22/c1-19-20(2)27(9)42-36(24(19)6)18-37-43(28(10)23(5)29(11)44(37)46(42)40-31(13)30(12)38-25(7)21(3)22(4)26(8)39(38)34(40)16)45-33(15)32(14)41-35(17)48(69(72(60)61)73(62)63)51(68(65-53)71(58)59)50(67(55)70(56)57)47(41)49(45)66(54)64-52/h18H,1-17H3. The molecule has 7 rings (SSSR count). The molecule has 0 unspecified atom stereocenters. The van der Waals surface area contributed by atoms with Crippen molar-refractivity contribution in [3.63, 3.8) is 0 Å². The summed E-state index contributed by atoms with van der Waals surface area (Å²) in [5, 5.41) is 8.97. The second-order valence-corrected chi connectivity index (χ2v) is 21.8. The van der Waals surface area contributed by atoms with Crippen LogP contribution in [0.5, 0.6) is 0 Å². The van der Waals surface area contributed by atoms with Gasteiger partial charge < -0.3 is 0 Å². The molecule has 26 radical (unpaired) electrons. The van der Waals surface area contributed by atoms with Gasteiger partial charge in [-0.05, 0) is 278 Å². The first kappa shape index (κ1) is 57.7. The van der Waals surface area contributed by atoms with E-state index < -0.39 is 51.5 Å². The van der Waals surface area contributed by atoms with Crippen LogP contribution in [0.25, 0.3) is 65.3 Å². The fourth-order valence-electron chi connectivity index (χ4n) is 13.3. The van der Waals surface area contributed by atoms with Crippen LogP contribution < -0.4 is 21.9 Å². The maximum Gasteiger partial charge on any atom is 0.0821 e. The van der Waals surface area contributed by atoms with Crippen molar-refractivity contribution < 1.29 is 0 Å². The van der Waals surface area contributed by atoms with E-state index in [4.69, 9.17) is 92.8 Å². The van der Waals surface area contributed by atoms with Gasteiger partial charge >= 0.3 is 0 Å². The van der Waals surface area contributed by atoms with Crippen molar-refractivity contribution in [1.82, 2.24) is 0 Å². The molecular formula is C51H52B22. The molecule has 7 aromatic rings. The van der Waals surface area contributed by atoms with Gasteiger partial charge in [0.05, 0.1) is 26.0 Å². The average Bonchev–Trinajstić information content (AvgIpc) is 3.33. The fraction of sp³-hybridized carbons (Fsp3) is 0.333. The lowest BCUT2D eigenvalue weighted by molar-refractivity contribution is 1.23. The number of rotatable bonds is 12. The highest BCUT2D eigenvalue weighted by Gasteiger charge is 2.39. The molecule has 0 atom stereocenters. The molecule has 73 heavy (non-hydrogen) atoms. The maximum atomic E-state index is 7.49. The van der Waals surface area contributed by atoms with Crippen LogP contribution in [-0.4, -0.2) is 158 Å². The first-order valence-corrected chi connectivity index (χ1v) is 25.7. The van der Waals surface area contributed by atoms with Gasteiger partial charge in [0.1, 0.15) is 0 Å². The van der Waals surface area contributed by atoms with Gasteiger partial charge in [0.25, 0.3) is 0 Å². The van der Waals surface area contributed by atoms with E-state index in [0.717, 1.165) is 60.6 Å². The Balaban J connectivity index is 1.91. The van der Waals surface area contributed by atoms with Crippen LogP contribution in [0.2, 0.25) is 0 Å². The number of hydrogen-bond acceptors (Lipinski definition) is 0. The Morgan fingerprint density at radius 2 is 0.685 bits per heavy atom. The Morgan fingerprint density at radius 1 is 0.288 bits per heavy atom. The second kappa shape index (κ2) is 21.1. The molecule has 0 fully saturated rings. The van der Waals surface area contributed by atoms with Crippen LogP contribution in [0, 0.1) is 118 Å². The molecule has 0 bridgehead atoms. The van der Waals surface area contributed by atoms with Gasteiger partial charge in [-0.25, -0.2) is 0 Å². The monoisotopic (exact) mass is 907 g/mol. The van der Waals surface area contributed by atoms with Gasteiger partial charge in [-0.15, -0.1) is 10.9 Å². The largest absolute Gasteiger partial charge is 0.112 e. The van der Waals surface area contributed by atoms with Crippen molar-refractivity contribution in [2.24, 2.45) is 0 Å². The van der Waals surface area contributed by atoms with Gasteiger partial charge in [-0.3, -0.25) is 0 Å². The van der Waals surface area contributed by atoms with E-state index in [1.807, 2.05) is 6.92 Å². The zero-order chi connectivity index (χ0) is 54.8. The third-order valence-electron chi connectivity index (χ3n) is 18.3. The first-order chi connectivity index (χ1) is 34.0. The van der Waals surface area contributed by atoms with E-state index in [0.29, 0.717) is 16.4 Å². The van der Waals surface area contributed by atoms with Crippen LogP contribution in [0.15, 0.2) is 6.07 Å². The lowest BCUT2D eigenvalue weighted by Gasteiger charge is -2.39. The van der Waals surface area contributed by atoms with Crippen LogP contribution >= 0.6 is 0 Å². The molecule has 22 heteroatoms. The van der Waals surface area contributed by atoms with Gasteiger partial charge in [0, 0.05) is 133 Å². The summed E-state index contributed by atoms with van der Waals surface area (Å²) in [5.74, 6) is 0. The average molecular weight is 903 g/mol. The molecule has 0 saturated carbocycles. The Morgan fingerprint density at radius 3 is 1.14 bits per heavy atom. The molecule has 0 aromatic heterocycles. The SMILES string of the molecule is [B][B]B(B([B])[B])c1c(B(B([B])[B])B([B])[B])c(C)c2c(C)c(C)c(-c3c(C)c(C)c(C)c4c(-c5c(C)c(C)c6c(C)c(C)c(C)c(C)c6c5C)c5c(C)c(C)c(C)c(C)c5cc34)c(B([B])[B][B])c2c1B([B])B([B])[B]. The van der Waals surface area contributed by atoms with Gasteiger partial charge in [-0.1, -0.05) is 16.5 Å². The third kappa shape index (κ3) is 8.67. The van der Waals surface area contributed by atoms with E-state index in [9.17, 15) is 0 Å². The van der Waals surface area contributed by atoms with Crippen molar-refractivity contribution in [3.05, 3.63) is 101 Å². The Bertz CT molecular complexity index is 3460. The molecule has 0 heterocycles. The van der Waals surface area contributed by atoms with Crippen molar-refractivity contribution in [1.29, 1.82) is 0 Å². The predicted octanol–water partition coefficient (Wildman–Crippen LogP) is 3.20. The van der Waals surface area contributed by atoms with Gasteiger partial charge in [0.15, 0.2) is 0 Å². The lowest BCUT2D eigenvalue weighted by atomic mass is 8.70. The summed E-state index contributed by atoms with van der Waals surface area (Å²) in [6.45, 7) is 34.7. The van der Waals surface area contributed by atoms with E-state index in [2.05, 4.69) is 117 Å². The minimum absolute atomic E-state index is 0.546. The number of aryl methyl sites for hydroxylation is 9. The van der Waals surface area contributed by atoms with E-state index in [-0.39, 0.29) is 0 Å². The predicted molar refractivity (Wildman–Crippen MR) is 353 cm³/mol. The molecule has 0 aliphatic rings. The summed E-state index contributed by atoms with van der Waals surface area (Å²) in [6, 6.07) is 2.44. The Kier molecular flexibility index (Phi) is 16.7. The zero-order valence-corrected chi connectivity index (χ0v) is 46.8. The molecule has 7 aromatic carbocycles. The molecule has 0 amide bonds. The summed E-state index contributed by atoms with van der Waals surface area (Å²) in [4.78, 5) is 0. The van der Waals surface area contributed by atoms with Gasteiger partial charge in [0.2, 0.25) is 0 Å². The summed E-state index contributed by atoms with van der Waals surface area (Å²) >= 11 is 0. The topological polar surface area (TPSA) is 0 Å². The summed E-state index contributed by atoms with van der Waals surface area (Å²) in [5.41, 5.74) is 27.4. The van der Waals surface area contributed by atoms with E-state index in [1.165, 1.54) is 119 Å². The van der Waals surface area contributed by atoms with Gasteiger partial charge in [-0.2, -0.15) is 0 Å². The van der Waals surface area contributed by atoms with E-state index >= 15 is 0 Å². The molecule has 0 aliphatic heterocycles. The molecule has 0 nitrogen and oxygen atoms in total. The highest BCUT2D eigenvalue weighted by molar-refractivity contribution is 7.85. The summed E-state index contributed by atoms with van der Waals surface area (Å²) in [6.07, 6.45) is -4.11. The molecule has 0 spiro atoms. The fourth-order valence-corrected chi connectivity index (χ4v) is 13.3. The first-order valence-electron chi connectivity index (χ1n) is 25.7. The van der Waals surface area contributed by atoms with Crippen LogP contribution in [0.4, 0.5) is 0 Å². The Hall–Kier alpha value is -2.99. The van der Waals surface area contributed by atoms with Crippen molar-refractivity contribution in [2.75, 3.05) is 0 Å². The molecule has 0 saturated heterocycles. The number of fused-ring (bicyclic) bond motifs is 4. The normalized spacial score (nSPS) is 11.5. The van der Waals surface area contributed by atoms with Crippen molar-refractivity contribution in [2.45, 2.75) is 118 Å². The summed E-state index contributed by atoms with van der Waals surface area (Å²) < 4.78 is 0. The highest BCUT2D eigenvalue weighted by Crippen LogP contribution is 2.51. The summed E-state index contributed by atoms with van der Waals surface area (Å²) in [7, 11) is 84.3. The lowest BCUT2D eigenvalue weighted by Crippen LogP contribution is -2.74. The quantitative estimate of drug-likeness (QED) is 0.131.